The average molecular weight is 390 g/mol. The molecule has 28 heavy (non-hydrogen) atoms. The highest BCUT2D eigenvalue weighted by Crippen LogP contribution is 2.40. The van der Waals surface area contributed by atoms with E-state index in [-0.39, 0.29) is 18.1 Å². The summed E-state index contributed by atoms with van der Waals surface area (Å²) in [5.41, 5.74) is 9.44. The van der Waals surface area contributed by atoms with Gasteiger partial charge in [-0.15, -0.1) is 0 Å². The maximum atomic E-state index is 11.8. The molecule has 150 valence electrons. The zero-order valence-corrected chi connectivity index (χ0v) is 15.7. The second kappa shape index (κ2) is 8.95. The molecule has 2 heterocycles. The van der Waals surface area contributed by atoms with Crippen molar-refractivity contribution in [1.82, 2.24) is 9.97 Å². The zero-order chi connectivity index (χ0) is 20.1. The summed E-state index contributed by atoms with van der Waals surface area (Å²) in [4.78, 5) is 20.0. The molecule has 0 bridgehead atoms. The molecule has 8 heteroatoms. The van der Waals surface area contributed by atoms with E-state index in [2.05, 4.69) is 21.4 Å². The Balaban J connectivity index is 0.000000516. The van der Waals surface area contributed by atoms with Crippen LogP contribution in [0.3, 0.4) is 0 Å². The molecule has 0 radical (unpaired) electrons. The van der Waals surface area contributed by atoms with Gasteiger partial charge in [0.05, 0.1) is 11.4 Å². The third-order valence-corrected chi connectivity index (χ3v) is 4.60. The van der Waals surface area contributed by atoms with E-state index in [1.807, 2.05) is 18.2 Å². The molecule has 1 amide bonds. The predicted molar refractivity (Wildman–Crippen MR) is 102 cm³/mol. The SMILES string of the molecule is CC(F)F.Nc1nccc(Cc2ccc3c(c2)NC(=O)O[C@H]3CCC2CC2)n1. The van der Waals surface area contributed by atoms with E-state index in [1.165, 1.54) is 12.8 Å². The van der Waals surface area contributed by atoms with Crippen LogP contribution in [0.2, 0.25) is 0 Å². The van der Waals surface area contributed by atoms with Crippen molar-refractivity contribution in [3.8, 4) is 0 Å². The molecule has 0 unspecified atom stereocenters. The molecule has 1 aliphatic carbocycles. The van der Waals surface area contributed by atoms with Gasteiger partial charge in [-0.3, -0.25) is 5.32 Å². The summed E-state index contributed by atoms with van der Waals surface area (Å²) in [7, 11) is 0. The lowest BCUT2D eigenvalue weighted by atomic mass is 9.97. The predicted octanol–water partition coefficient (Wildman–Crippen LogP) is 4.71. The standard InChI is InChI=1S/C18H20N4O2.C2H4F2/c19-17-20-8-7-13(21-17)9-12-3-5-14-15(10-12)22-18(23)24-16(14)6-4-11-1-2-11;1-2(3)4/h3,5,7-8,10-11,16H,1-2,4,6,9H2,(H,22,23)(H2,19,20,21);2H,1H3/t16-;/m0./s1. The van der Waals surface area contributed by atoms with Crippen LogP contribution in [0.1, 0.15) is 55.5 Å². The summed E-state index contributed by atoms with van der Waals surface area (Å²) < 4.78 is 26.1. The number of nitrogen functional groups attached to an aromatic ring is 1. The maximum Gasteiger partial charge on any atom is 0.412 e. The maximum absolute atomic E-state index is 11.8. The minimum Gasteiger partial charge on any atom is -0.441 e. The number of ether oxygens (including phenoxy) is 1. The third kappa shape index (κ3) is 5.87. The molecule has 2 aliphatic rings. The first kappa shape index (κ1) is 20.0. The average Bonchev–Trinajstić information content (AvgIpc) is 3.43. The second-order valence-corrected chi connectivity index (χ2v) is 7.06. The van der Waals surface area contributed by atoms with Crippen LogP contribution in [-0.2, 0) is 11.2 Å². The molecule has 6 nitrogen and oxygen atoms in total. The molecule has 1 aromatic carbocycles. The van der Waals surface area contributed by atoms with Gasteiger partial charge in [0, 0.05) is 18.2 Å². The number of carbonyl (C=O) groups excluding carboxylic acids is 1. The van der Waals surface area contributed by atoms with Crippen LogP contribution in [0.4, 0.5) is 25.2 Å². The van der Waals surface area contributed by atoms with E-state index in [0.29, 0.717) is 6.42 Å². The van der Waals surface area contributed by atoms with Gasteiger partial charge in [0.2, 0.25) is 12.4 Å². The van der Waals surface area contributed by atoms with Gasteiger partial charge in [0.25, 0.3) is 0 Å². The first-order chi connectivity index (χ1) is 13.4. The largest absolute Gasteiger partial charge is 0.441 e. The molecule has 1 aromatic heterocycles. The van der Waals surface area contributed by atoms with Crippen molar-refractivity contribution < 1.29 is 18.3 Å². The summed E-state index contributed by atoms with van der Waals surface area (Å²) >= 11 is 0. The van der Waals surface area contributed by atoms with Gasteiger partial charge in [-0.25, -0.2) is 23.5 Å². The van der Waals surface area contributed by atoms with E-state index in [1.54, 1.807) is 6.20 Å². The van der Waals surface area contributed by atoms with E-state index in [0.717, 1.165) is 48.2 Å². The Morgan fingerprint density at radius 3 is 2.71 bits per heavy atom. The highest BCUT2D eigenvalue weighted by atomic mass is 19.3. The minimum absolute atomic E-state index is 0.141. The van der Waals surface area contributed by atoms with Crippen molar-refractivity contribution in [1.29, 1.82) is 0 Å². The first-order valence-electron chi connectivity index (χ1n) is 9.36. The molecule has 3 N–H and O–H groups in total. The molecule has 1 saturated carbocycles. The number of rotatable bonds is 5. The van der Waals surface area contributed by atoms with Crippen LogP contribution in [0, 0.1) is 5.92 Å². The quantitative estimate of drug-likeness (QED) is 0.771. The third-order valence-electron chi connectivity index (χ3n) is 4.60. The molecular formula is C20H24F2N4O2. The van der Waals surface area contributed by atoms with Gasteiger partial charge < -0.3 is 10.5 Å². The van der Waals surface area contributed by atoms with Crippen molar-refractivity contribution in [3.63, 3.8) is 0 Å². The lowest BCUT2D eigenvalue weighted by Gasteiger charge is -2.26. The summed E-state index contributed by atoms with van der Waals surface area (Å²) in [5.74, 6) is 1.09. The first-order valence-corrected chi connectivity index (χ1v) is 9.36. The smallest absolute Gasteiger partial charge is 0.412 e. The Kier molecular flexibility index (Phi) is 6.38. The highest BCUT2D eigenvalue weighted by Gasteiger charge is 2.29. The molecule has 1 aliphatic heterocycles. The van der Waals surface area contributed by atoms with Crippen LogP contribution in [0.5, 0.6) is 0 Å². The lowest BCUT2D eigenvalue weighted by Crippen LogP contribution is -2.24. The Labute approximate surface area is 162 Å². The van der Waals surface area contributed by atoms with E-state index in [9.17, 15) is 13.6 Å². The van der Waals surface area contributed by atoms with Crippen molar-refractivity contribution >= 4 is 17.7 Å². The number of benzene rings is 1. The number of hydrogen-bond donors (Lipinski definition) is 2. The number of nitrogens with one attached hydrogen (secondary N) is 1. The van der Waals surface area contributed by atoms with Crippen molar-refractivity contribution in [3.05, 3.63) is 47.3 Å². The number of cyclic esters (lactones) is 1. The topological polar surface area (TPSA) is 90.1 Å². The van der Waals surface area contributed by atoms with Crippen LogP contribution in [0.25, 0.3) is 0 Å². The van der Waals surface area contributed by atoms with Crippen LogP contribution in [0.15, 0.2) is 30.5 Å². The molecule has 1 fully saturated rings. The number of nitrogens with zero attached hydrogens (tertiary/aromatic N) is 2. The van der Waals surface area contributed by atoms with Crippen LogP contribution < -0.4 is 11.1 Å². The number of amides is 1. The number of alkyl halides is 2. The zero-order valence-electron chi connectivity index (χ0n) is 15.7. The Morgan fingerprint density at radius 1 is 1.29 bits per heavy atom. The van der Waals surface area contributed by atoms with E-state index < -0.39 is 6.43 Å². The lowest BCUT2D eigenvalue weighted by molar-refractivity contribution is 0.0985. The molecule has 2 aromatic rings. The number of halogens is 2. The fraction of sp³-hybridized carbons (Fsp3) is 0.450. The minimum atomic E-state index is -2.17. The Morgan fingerprint density at radius 2 is 2.04 bits per heavy atom. The van der Waals surface area contributed by atoms with Gasteiger partial charge in [-0.05, 0) is 43.4 Å². The summed E-state index contributed by atoms with van der Waals surface area (Å²) in [6, 6.07) is 7.95. The van der Waals surface area contributed by atoms with Gasteiger partial charge in [0.15, 0.2) is 0 Å². The molecule has 0 saturated heterocycles. The molecule has 4 rings (SSSR count). The number of carbonyl (C=O) groups is 1. The van der Waals surface area contributed by atoms with Crippen LogP contribution in [-0.4, -0.2) is 22.5 Å². The van der Waals surface area contributed by atoms with Crippen molar-refractivity contribution in [2.24, 2.45) is 5.92 Å². The van der Waals surface area contributed by atoms with Gasteiger partial charge in [-0.2, -0.15) is 0 Å². The molecule has 1 atom stereocenters. The Bertz CT molecular complexity index is 825. The summed E-state index contributed by atoms with van der Waals surface area (Å²) in [6.07, 6.45) is 4.26. The Hall–Kier alpha value is -2.77. The number of nitrogens with two attached hydrogens (primary N) is 1. The normalized spacial score (nSPS) is 17.9. The van der Waals surface area contributed by atoms with E-state index in [4.69, 9.17) is 10.5 Å². The number of hydrogen-bond acceptors (Lipinski definition) is 5. The number of fused-ring (bicyclic) bond motifs is 1. The fourth-order valence-electron chi connectivity index (χ4n) is 3.16. The fourth-order valence-corrected chi connectivity index (χ4v) is 3.16. The summed E-state index contributed by atoms with van der Waals surface area (Å²) in [5, 5.41) is 2.81. The van der Waals surface area contributed by atoms with E-state index >= 15 is 0 Å². The monoisotopic (exact) mass is 390 g/mol. The van der Waals surface area contributed by atoms with Crippen LogP contribution >= 0.6 is 0 Å². The molecular weight excluding hydrogens is 366 g/mol. The van der Waals surface area contributed by atoms with Gasteiger partial charge in [-0.1, -0.05) is 25.0 Å². The van der Waals surface area contributed by atoms with Crippen molar-refractivity contribution in [2.75, 3.05) is 11.1 Å². The molecule has 0 spiro atoms. The number of aromatic nitrogens is 2. The highest BCUT2D eigenvalue weighted by molar-refractivity contribution is 5.88. The van der Waals surface area contributed by atoms with Gasteiger partial charge >= 0.3 is 6.09 Å². The van der Waals surface area contributed by atoms with Gasteiger partial charge in [0.1, 0.15) is 6.10 Å². The summed E-state index contributed by atoms with van der Waals surface area (Å²) in [6.45, 7) is 0.833. The van der Waals surface area contributed by atoms with Crippen molar-refractivity contribution in [2.45, 2.75) is 51.6 Å². The number of anilines is 2. The second-order valence-electron chi connectivity index (χ2n) is 7.06.